The molecular weight excluding hydrogens is 1120 g/mol. The Labute approximate surface area is 544 Å². The van der Waals surface area contributed by atoms with Gasteiger partial charge in [-0.1, -0.05) is 261 Å². The number of anilines is 9. The minimum atomic E-state index is -0.751. The molecule has 93 heavy (non-hydrogen) atoms. The largest absolute Gasteiger partial charge is 0.311 e. The van der Waals surface area contributed by atoms with Crippen molar-refractivity contribution < 1.29 is 0 Å². The van der Waals surface area contributed by atoms with Crippen molar-refractivity contribution in [2.45, 2.75) is 24.2 Å². The van der Waals surface area contributed by atoms with Crippen LogP contribution in [0.15, 0.2) is 364 Å². The lowest BCUT2D eigenvalue weighted by Crippen LogP contribution is -2.36. The average molecular weight is 1190 g/mol. The van der Waals surface area contributed by atoms with Crippen molar-refractivity contribution in [1.29, 1.82) is 0 Å². The molecule has 0 heterocycles. The van der Waals surface area contributed by atoms with Gasteiger partial charge >= 0.3 is 0 Å². The van der Waals surface area contributed by atoms with Gasteiger partial charge in [-0.2, -0.15) is 0 Å². The van der Waals surface area contributed by atoms with Crippen molar-refractivity contribution in [3.8, 4) is 11.1 Å². The van der Waals surface area contributed by atoms with Crippen LogP contribution in [0.25, 0.3) is 32.7 Å². The SMILES string of the molecule is Cc1cccc2c1C(c1ccccc1)c1ccccc1C21c2cc(C(c3ccc(N(c4ccccc4)c4ccccc4)cc3)c3cccc4ccccc34)ccc2-c2ccc(N(c3ccc(N(c4ccccc4)c4ccccc4)cc3)c3cccc4ccccc34)cc21. The first-order valence-electron chi connectivity index (χ1n) is 32.4. The van der Waals surface area contributed by atoms with E-state index in [4.69, 9.17) is 0 Å². The van der Waals surface area contributed by atoms with Crippen LogP contribution in [0, 0.1) is 6.92 Å². The quantitative estimate of drug-likeness (QED) is 0.107. The van der Waals surface area contributed by atoms with Gasteiger partial charge in [-0.15, -0.1) is 0 Å². The molecule has 440 valence electrons. The van der Waals surface area contributed by atoms with E-state index < -0.39 is 5.41 Å². The van der Waals surface area contributed by atoms with E-state index in [0.29, 0.717) is 0 Å². The van der Waals surface area contributed by atoms with Crippen LogP contribution in [-0.4, -0.2) is 0 Å². The molecule has 0 radical (unpaired) electrons. The fourth-order valence-corrected chi connectivity index (χ4v) is 15.7. The summed E-state index contributed by atoms with van der Waals surface area (Å²) in [5, 5.41) is 4.83. The molecule has 15 aromatic rings. The molecule has 2 aliphatic rings. The lowest BCUT2D eigenvalue weighted by Gasteiger charge is -2.44. The van der Waals surface area contributed by atoms with E-state index in [1.165, 1.54) is 93.9 Å². The third kappa shape index (κ3) is 9.34. The summed E-state index contributed by atoms with van der Waals surface area (Å²) in [4.78, 5) is 7.19. The number of hydrogen-bond acceptors (Lipinski definition) is 3. The molecule has 0 aromatic heterocycles. The first kappa shape index (κ1) is 55.3. The van der Waals surface area contributed by atoms with Gasteiger partial charge < -0.3 is 14.7 Å². The average Bonchev–Trinajstić information content (AvgIpc) is 1.56. The van der Waals surface area contributed by atoms with Crippen LogP contribution in [-0.2, 0) is 5.41 Å². The molecule has 3 atom stereocenters. The minimum Gasteiger partial charge on any atom is -0.311 e. The lowest BCUT2D eigenvalue weighted by atomic mass is 9.57. The van der Waals surface area contributed by atoms with Gasteiger partial charge in [0.1, 0.15) is 0 Å². The standard InChI is InChI=1S/C90H65N3/c1-62-26-23-46-83-87(62)89(65-29-7-2-8-30-65)81-43-21-22-45-82(81)90(83)84-60-67(88(80-44-24-31-63-27-17-19-41-76(63)80)66-48-51-72(52-49-66)91(68-33-9-3-10-34-68)69-35-11-4-12-36-69)50-58-78(84)79-59-57-75(61-85(79)90)93(86-47-25-32-64-28-18-20-42-77(64)86)74-55-53-73(54-56-74)92(70-37-13-5-14-38-70)71-39-15-6-16-40-71/h2-61,88-89H,1H3. The smallest absolute Gasteiger partial charge is 0.0720 e. The van der Waals surface area contributed by atoms with Crippen molar-refractivity contribution in [2.75, 3.05) is 14.7 Å². The Morgan fingerprint density at radius 1 is 0.290 bits per heavy atom. The summed E-state index contributed by atoms with van der Waals surface area (Å²) in [5.41, 5.74) is 25.8. The molecule has 0 saturated heterocycles. The highest BCUT2D eigenvalue weighted by molar-refractivity contribution is 6.00. The van der Waals surface area contributed by atoms with Crippen LogP contribution in [0.1, 0.15) is 73.0 Å². The molecule has 17 rings (SSSR count). The first-order chi connectivity index (χ1) is 46.1. The maximum absolute atomic E-state index is 2.62. The fraction of sp³-hybridized carbons (Fsp3) is 0.0444. The molecule has 0 amide bonds. The summed E-state index contributed by atoms with van der Waals surface area (Å²) < 4.78 is 0. The van der Waals surface area contributed by atoms with Gasteiger partial charge in [0.05, 0.1) is 11.1 Å². The lowest BCUT2D eigenvalue weighted by molar-refractivity contribution is 0.692. The molecule has 3 nitrogen and oxygen atoms in total. The minimum absolute atomic E-state index is 0.00779. The van der Waals surface area contributed by atoms with Crippen LogP contribution in [0.3, 0.4) is 0 Å². The molecule has 0 saturated carbocycles. The summed E-state index contributed by atoms with van der Waals surface area (Å²) >= 11 is 0. The van der Waals surface area contributed by atoms with Gasteiger partial charge in [-0.25, -0.2) is 0 Å². The number of aryl methyl sites for hydroxylation is 1. The van der Waals surface area contributed by atoms with E-state index >= 15 is 0 Å². The van der Waals surface area contributed by atoms with Crippen molar-refractivity contribution in [3.05, 3.63) is 425 Å². The number of benzene rings is 15. The molecule has 2 aliphatic carbocycles. The monoisotopic (exact) mass is 1190 g/mol. The van der Waals surface area contributed by atoms with E-state index in [9.17, 15) is 0 Å². The number of hydrogen-bond donors (Lipinski definition) is 0. The van der Waals surface area contributed by atoms with Crippen LogP contribution in [0.5, 0.6) is 0 Å². The van der Waals surface area contributed by atoms with Crippen LogP contribution < -0.4 is 14.7 Å². The summed E-state index contributed by atoms with van der Waals surface area (Å²) in [6, 6.07) is 135. The van der Waals surface area contributed by atoms with Crippen LogP contribution >= 0.6 is 0 Å². The van der Waals surface area contributed by atoms with Crippen molar-refractivity contribution >= 4 is 72.7 Å². The second-order valence-electron chi connectivity index (χ2n) is 24.7. The van der Waals surface area contributed by atoms with Gasteiger partial charge in [-0.3, -0.25) is 0 Å². The zero-order valence-electron chi connectivity index (χ0n) is 51.6. The van der Waals surface area contributed by atoms with E-state index in [0.717, 1.165) is 51.2 Å². The molecule has 15 aromatic carbocycles. The molecule has 1 spiro atoms. The Morgan fingerprint density at radius 2 is 0.710 bits per heavy atom. The third-order valence-corrected chi connectivity index (χ3v) is 19.6. The Kier molecular flexibility index (Phi) is 13.8. The summed E-state index contributed by atoms with van der Waals surface area (Å²) in [7, 11) is 0. The Balaban J connectivity index is 0.902. The zero-order chi connectivity index (χ0) is 61.8. The molecule has 0 fully saturated rings. The normalized spacial score (nSPS) is 14.6. The van der Waals surface area contributed by atoms with Gasteiger partial charge in [0, 0.05) is 62.7 Å². The molecule has 0 bridgehead atoms. The first-order valence-corrected chi connectivity index (χ1v) is 32.4. The highest BCUT2D eigenvalue weighted by atomic mass is 15.2. The molecule has 3 unspecified atom stereocenters. The van der Waals surface area contributed by atoms with E-state index in [2.05, 4.69) is 386 Å². The van der Waals surface area contributed by atoms with E-state index in [1.54, 1.807) is 0 Å². The van der Waals surface area contributed by atoms with Crippen LogP contribution in [0.4, 0.5) is 51.2 Å². The Morgan fingerprint density at radius 3 is 1.32 bits per heavy atom. The molecule has 3 heteroatoms. The van der Waals surface area contributed by atoms with Gasteiger partial charge in [0.15, 0.2) is 0 Å². The van der Waals surface area contributed by atoms with Gasteiger partial charge in [-0.05, 0) is 199 Å². The fourth-order valence-electron chi connectivity index (χ4n) is 15.7. The van der Waals surface area contributed by atoms with Crippen LogP contribution in [0.2, 0.25) is 0 Å². The van der Waals surface area contributed by atoms with E-state index in [-0.39, 0.29) is 11.8 Å². The van der Waals surface area contributed by atoms with E-state index in [1.807, 2.05) is 0 Å². The maximum Gasteiger partial charge on any atom is 0.0720 e. The third-order valence-electron chi connectivity index (χ3n) is 19.6. The second-order valence-corrected chi connectivity index (χ2v) is 24.7. The van der Waals surface area contributed by atoms with Gasteiger partial charge in [0.2, 0.25) is 0 Å². The Bertz CT molecular complexity index is 4870. The predicted molar refractivity (Wildman–Crippen MR) is 389 cm³/mol. The highest BCUT2D eigenvalue weighted by Gasteiger charge is 2.53. The Hall–Kier alpha value is -11.8. The highest BCUT2D eigenvalue weighted by Crippen LogP contribution is 2.64. The predicted octanol–water partition coefficient (Wildman–Crippen LogP) is 23.7. The molecular formula is C90H65N3. The second kappa shape index (κ2) is 23.2. The number of nitrogens with zero attached hydrogens (tertiary/aromatic N) is 3. The number of fused-ring (bicyclic) bond motifs is 11. The van der Waals surface area contributed by atoms with Crippen molar-refractivity contribution in [1.82, 2.24) is 0 Å². The zero-order valence-corrected chi connectivity index (χ0v) is 51.6. The maximum atomic E-state index is 2.62. The number of rotatable bonds is 13. The van der Waals surface area contributed by atoms with Gasteiger partial charge in [0.25, 0.3) is 0 Å². The van der Waals surface area contributed by atoms with Crippen molar-refractivity contribution in [3.63, 3.8) is 0 Å². The van der Waals surface area contributed by atoms with Crippen molar-refractivity contribution in [2.24, 2.45) is 0 Å². The molecule has 0 N–H and O–H groups in total. The topological polar surface area (TPSA) is 9.72 Å². The number of para-hydroxylation sites is 4. The summed E-state index contributed by atoms with van der Waals surface area (Å²) in [5.74, 6) is -0.125. The summed E-state index contributed by atoms with van der Waals surface area (Å²) in [6.07, 6.45) is 0. The molecule has 0 aliphatic heterocycles. The summed E-state index contributed by atoms with van der Waals surface area (Å²) in [6.45, 7) is 2.33.